The van der Waals surface area contributed by atoms with Gasteiger partial charge in [0.15, 0.2) is 40.6 Å². The molecule has 2 rings (SSSR count). The fraction of sp³-hybridized carbons (Fsp3) is 0.296. The molecule has 9 nitrogen and oxygen atoms in total. The van der Waals surface area contributed by atoms with Crippen LogP contribution in [0.3, 0.4) is 0 Å². The van der Waals surface area contributed by atoms with Crippen molar-refractivity contribution in [2.24, 2.45) is 0 Å². The number of carbonyl (C=O) groups excluding carboxylic acids is 3. The van der Waals surface area contributed by atoms with E-state index in [-0.39, 0.29) is 35.8 Å². The lowest BCUT2D eigenvalue weighted by Crippen LogP contribution is -2.66. The van der Waals surface area contributed by atoms with Gasteiger partial charge in [-0.25, -0.2) is 4.79 Å². The third-order valence-electron chi connectivity index (χ3n) is 5.15. The molecule has 0 aliphatic carbocycles. The highest BCUT2D eigenvalue weighted by molar-refractivity contribution is 6.11. The Labute approximate surface area is 209 Å². The Morgan fingerprint density at radius 3 is 2.22 bits per heavy atom. The van der Waals surface area contributed by atoms with Crippen molar-refractivity contribution in [2.75, 3.05) is 20.8 Å². The molecule has 0 aliphatic rings. The van der Waals surface area contributed by atoms with Crippen LogP contribution in [0, 0.1) is 0 Å². The van der Waals surface area contributed by atoms with E-state index in [0.29, 0.717) is 29.7 Å². The molecule has 0 radical (unpaired) electrons. The maximum Gasteiger partial charge on any atom is 0.365 e. The Kier molecular flexibility index (Phi) is 10.7. The minimum Gasteiger partial charge on any atom is -0.504 e. The second kappa shape index (κ2) is 13.7. The van der Waals surface area contributed by atoms with Gasteiger partial charge >= 0.3 is 5.97 Å². The first-order valence-corrected chi connectivity index (χ1v) is 11.4. The van der Waals surface area contributed by atoms with Crippen molar-refractivity contribution in [3.05, 3.63) is 59.2 Å². The topological polar surface area (TPSA) is 147 Å². The second-order valence-corrected chi connectivity index (χ2v) is 8.00. The van der Waals surface area contributed by atoms with Gasteiger partial charge in [-0.15, -0.1) is 0 Å². The summed E-state index contributed by atoms with van der Waals surface area (Å²) in [5.41, 5.74) is 5.57. The molecule has 192 valence electrons. The smallest absolute Gasteiger partial charge is 0.365 e. The number of ether oxygens (including phenoxy) is 3. The Bertz CT molecular complexity index is 1150. The van der Waals surface area contributed by atoms with Crippen LogP contribution in [0.25, 0.3) is 12.2 Å². The van der Waals surface area contributed by atoms with Crippen LogP contribution in [0.1, 0.15) is 36.5 Å². The van der Waals surface area contributed by atoms with Gasteiger partial charge in [-0.2, -0.15) is 0 Å². The summed E-state index contributed by atoms with van der Waals surface area (Å²) in [5.74, 6) is -0.959. The molecule has 2 aromatic rings. The monoisotopic (exact) mass is 498 g/mol. The van der Waals surface area contributed by atoms with Crippen molar-refractivity contribution in [3.8, 4) is 23.0 Å². The molecule has 0 aliphatic heterocycles. The lowest BCUT2D eigenvalue weighted by Gasteiger charge is -2.13. The fourth-order valence-corrected chi connectivity index (χ4v) is 3.25. The summed E-state index contributed by atoms with van der Waals surface area (Å²) in [4.78, 5) is 36.8. The third kappa shape index (κ3) is 8.28. The first-order valence-electron chi connectivity index (χ1n) is 11.4. The lowest BCUT2D eigenvalue weighted by molar-refractivity contribution is -0.407. The Morgan fingerprint density at radius 2 is 1.58 bits per heavy atom. The fourth-order valence-electron chi connectivity index (χ4n) is 3.25. The summed E-state index contributed by atoms with van der Waals surface area (Å²) in [6.07, 6.45) is 6.08. The number of benzene rings is 2. The zero-order valence-electron chi connectivity index (χ0n) is 20.7. The van der Waals surface area contributed by atoms with E-state index < -0.39 is 23.6 Å². The van der Waals surface area contributed by atoms with Crippen molar-refractivity contribution in [1.82, 2.24) is 0 Å². The molecule has 0 heterocycles. The summed E-state index contributed by atoms with van der Waals surface area (Å²) >= 11 is 0. The van der Waals surface area contributed by atoms with Crippen LogP contribution in [0.4, 0.5) is 0 Å². The number of hydrogen-bond acceptors (Lipinski definition) is 8. The van der Waals surface area contributed by atoms with Gasteiger partial charge in [-0.3, -0.25) is 9.59 Å². The Morgan fingerprint density at radius 1 is 0.944 bits per heavy atom. The first kappa shape index (κ1) is 28.1. The van der Waals surface area contributed by atoms with Crippen molar-refractivity contribution in [3.63, 3.8) is 0 Å². The van der Waals surface area contributed by atoms with Crippen molar-refractivity contribution in [1.29, 1.82) is 0 Å². The van der Waals surface area contributed by atoms with Gasteiger partial charge < -0.3 is 30.2 Å². The molecule has 36 heavy (non-hydrogen) atoms. The van der Waals surface area contributed by atoms with E-state index in [1.165, 1.54) is 50.7 Å². The van der Waals surface area contributed by atoms with Crippen LogP contribution >= 0.6 is 0 Å². The second-order valence-electron chi connectivity index (χ2n) is 8.00. The molecule has 0 amide bonds. The van der Waals surface area contributed by atoms with E-state index >= 15 is 0 Å². The van der Waals surface area contributed by atoms with Crippen LogP contribution in [0.2, 0.25) is 0 Å². The van der Waals surface area contributed by atoms with Crippen LogP contribution < -0.4 is 15.2 Å². The van der Waals surface area contributed by atoms with Gasteiger partial charge in [0.1, 0.15) is 0 Å². The molecule has 0 fully saturated rings. The molecule has 1 unspecified atom stereocenters. The molecular weight excluding hydrogens is 466 g/mol. The van der Waals surface area contributed by atoms with Gasteiger partial charge in [-0.1, -0.05) is 25.1 Å². The normalized spacial score (nSPS) is 12.0. The van der Waals surface area contributed by atoms with Gasteiger partial charge in [0.25, 0.3) is 0 Å². The summed E-state index contributed by atoms with van der Waals surface area (Å²) in [7, 11) is 2.82. The number of phenols is 2. The lowest BCUT2D eigenvalue weighted by atomic mass is 9.98. The van der Waals surface area contributed by atoms with Crippen LogP contribution in [0.5, 0.6) is 23.0 Å². The van der Waals surface area contributed by atoms with Gasteiger partial charge in [-0.05, 0) is 59.5 Å². The third-order valence-corrected chi connectivity index (χ3v) is 5.15. The molecule has 5 N–H and O–H groups in total. The number of phenolic OH excluding ortho intramolecular Hbond substituents is 2. The van der Waals surface area contributed by atoms with E-state index in [1.807, 2.05) is 6.92 Å². The average Bonchev–Trinajstić information content (AvgIpc) is 2.86. The van der Waals surface area contributed by atoms with Gasteiger partial charge in [0.05, 0.1) is 27.2 Å². The number of quaternary nitrogens is 1. The van der Waals surface area contributed by atoms with Crippen LogP contribution in [-0.4, -0.2) is 54.6 Å². The molecule has 0 saturated heterocycles. The zero-order valence-corrected chi connectivity index (χ0v) is 20.7. The predicted octanol–water partition coefficient (Wildman–Crippen LogP) is 2.48. The number of allylic oxidation sites excluding steroid dienone is 2. The number of rotatable bonds is 13. The van der Waals surface area contributed by atoms with E-state index in [1.54, 1.807) is 18.2 Å². The van der Waals surface area contributed by atoms with Crippen LogP contribution in [0.15, 0.2) is 42.5 Å². The van der Waals surface area contributed by atoms with Crippen LogP contribution in [-0.2, 0) is 25.5 Å². The zero-order chi connectivity index (χ0) is 26.7. The number of hydrogen-bond donors (Lipinski definition) is 3. The van der Waals surface area contributed by atoms with E-state index in [2.05, 4.69) is 5.73 Å². The summed E-state index contributed by atoms with van der Waals surface area (Å²) in [6, 6.07) is 6.90. The van der Waals surface area contributed by atoms with E-state index in [4.69, 9.17) is 14.2 Å². The minimum absolute atomic E-state index is 0.0189. The standard InChI is InChI=1S/C27H31NO8/c1-4-11-36-27(33)22(28)13-19-14-24(32)26(35-3)15-18(19)7-9-21(30)16-20(29)8-5-17-6-10-23(31)25(12-17)34-2/h5-10,12,14-15,22,31-32H,4,11,13,16,28H2,1-3H3/p+1/b8-5+,9-7+. The van der Waals surface area contributed by atoms with Crippen molar-refractivity contribution < 1.29 is 44.5 Å². The molecule has 1 atom stereocenters. The number of ketones is 2. The largest absolute Gasteiger partial charge is 0.504 e. The molecule has 0 saturated carbocycles. The van der Waals surface area contributed by atoms with Gasteiger partial charge in [0.2, 0.25) is 0 Å². The molecular formula is C27H32NO8+. The summed E-state index contributed by atoms with van der Waals surface area (Å²) in [6.45, 7) is 2.18. The maximum absolute atomic E-state index is 12.4. The highest BCUT2D eigenvalue weighted by Crippen LogP contribution is 2.31. The van der Waals surface area contributed by atoms with Gasteiger partial charge in [0, 0.05) is 6.42 Å². The van der Waals surface area contributed by atoms with Crippen molar-refractivity contribution >= 4 is 29.7 Å². The first-order chi connectivity index (χ1) is 17.2. The van der Waals surface area contributed by atoms with E-state index in [9.17, 15) is 24.6 Å². The highest BCUT2D eigenvalue weighted by Gasteiger charge is 2.22. The summed E-state index contributed by atoms with van der Waals surface area (Å²) < 4.78 is 15.3. The molecule has 2 aromatic carbocycles. The number of methoxy groups -OCH3 is 2. The molecule has 0 spiro atoms. The number of aromatic hydroxyl groups is 2. The predicted molar refractivity (Wildman–Crippen MR) is 134 cm³/mol. The quantitative estimate of drug-likeness (QED) is 0.217. The van der Waals surface area contributed by atoms with Crippen molar-refractivity contribution in [2.45, 2.75) is 32.2 Å². The summed E-state index contributed by atoms with van der Waals surface area (Å²) in [5, 5.41) is 19.8. The van der Waals surface area contributed by atoms with E-state index in [0.717, 1.165) is 0 Å². The molecule has 0 aromatic heterocycles. The Balaban J connectivity index is 2.12. The maximum atomic E-state index is 12.4. The minimum atomic E-state index is -0.711. The average molecular weight is 499 g/mol. The molecule has 0 bridgehead atoms. The molecule has 9 heteroatoms. The number of esters is 1. The Hall–Kier alpha value is -4.11. The highest BCUT2D eigenvalue weighted by atomic mass is 16.5. The SMILES string of the molecule is CCCOC(=O)C([NH3+])Cc1cc(O)c(OC)cc1/C=C/C(=O)CC(=O)/C=C/c1ccc(O)c(OC)c1. The number of carbonyl (C=O) groups is 3.